The maximum Gasteiger partial charge on any atom is 0.342 e. The third-order valence-electron chi connectivity index (χ3n) is 3.39. The van der Waals surface area contributed by atoms with Crippen molar-refractivity contribution < 1.29 is 18.7 Å². The minimum Gasteiger partial charge on any atom is -0.494 e. The summed E-state index contributed by atoms with van der Waals surface area (Å²) in [5.41, 5.74) is 6.50. The average molecular weight is 305 g/mol. The van der Waals surface area contributed by atoms with E-state index in [1.807, 2.05) is 37.3 Å². The molecule has 0 saturated heterocycles. The minimum absolute atomic E-state index is 0.111. The van der Waals surface area contributed by atoms with Crippen LogP contribution in [0.5, 0.6) is 5.75 Å². The van der Waals surface area contributed by atoms with Gasteiger partial charge in [-0.15, -0.1) is 0 Å². The summed E-state index contributed by atoms with van der Waals surface area (Å²) in [4.78, 5) is 11.6. The van der Waals surface area contributed by atoms with Gasteiger partial charge >= 0.3 is 5.97 Å². The molecule has 0 aromatic heterocycles. The number of hydrogen-bond acceptors (Lipinski definition) is 4. The molecular weight excluding hydrogens is 285 g/mol. The van der Waals surface area contributed by atoms with E-state index < -0.39 is 18.2 Å². The van der Waals surface area contributed by atoms with Crippen molar-refractivity contribution in [2.24, 2.45) is 5.73 Å². The minimum atomic E-state index is -1.94. The lowest BCUT2D eigenvalue weighted by atomic mass is 9.95. The van der Waals surface area contributed by atoms with Crippen LogP contribution >= 0.6 is 0 Å². The molecule has 2 atom stereocenters. The van der Waals surface area contributed by atoms with Crippen molar-refractivity contribution in [3.8, 4) is 5.75 Å². The fourth-order valence-electron chi connectivity index (χ4n) is 2.42. The average Bonchev–Trinajstić information content (AvgIpc) is 2.53. The highest BCUT2D eigenvalue weighted by molar-refractivity contribution is 5.89. The number of carbonyl (C=O) groups excluding carboxylic acids is 1. The second-order valence-electron chi connectivity index (χ2n) is 4.81. The molecule has 1 unspecified atom stereocenters. The Hall–Kier alpha value is -2.14. The van der Waals surface area contributed by atoms with Gasteiger partial charge in [0.2, 0.25) is 6.17 Å². The van der Waals surface area contributed by atoms with Gasteiger partial charge in [0.15, 0.2) is 0 Å². The number of fused-ring (bicyclic) bond motifs is 1. The van der Waals surface area contributed by atoms with Gasteiger partial charge in [-0.05, 0) is 30.7 Å². The predicted octanol–water partition coefficient (Wildman–Crippen LogP) is 3.14. The molecule has 118 valence electrons. The Morgan fingerprint density at radius 3 is 2.59 bits per heavy atom. The molecule has 0 heterocycles. The Morgan fingerprint density at radius 1 is 1.18 bits per heavy atom. The molecule has 0 radical (unpaired) electrons. The predicted molar refractivity (Wildman–Crippen MR) is 83.6 cm³/mol. The molecule has 2 rings (SSSR count). The van der Waals surface area contributed by atoms with Crippen molar-refractivity contribution in [1.82, 2.24) is 0 Å². The van der Waals surface area contributed by atoms with Crippen LogP contribution in [-0.2, 0) is 9.53 Å². The number of esters is 1. The molecule has 0 bridgehead atoms. The van der Waals surface area contributed by atoms with E-state index in [0.717, 1.165) is 10.8 Å². The molecule has 2 aromatic carbocycles. The number of ether oxygens (including phenoxy) is 2. The van der Waals surface area contributed by atoms with Crippen molar-refractivity contribution in [3.05, 3.63) is 42.0 Å². The fourth-order valence-corrected chi connectivity index (χ4v) is 2.42. The van der Waals surface area contributed by atoms with Gasteiger partial charge in [0.1, 0.15) is 5.75 Å². The van der Waals surface area contributed by atoms with Crippen molar-refractivity contribution in [3.63, 3.8) is 0 Å². The number of alkyl halides is 1. The highest BCUT2D eigenvalue weighted by Gasteiger charge is 2.31. The van der Waals surface area contributed by atoms with Crippen molar-refractivity contribution in [2.75, 3.05) is 13.2 Å². The zero-order chi connectivity index (χ0) is 16.1. The highest BCUT2D eigenvalue weighted by atomic mass is 19.1. The molecule has 22 heavy (non-hydrogen) atoms. The summed E-state index contributed by atoms with van der Waals surface area (Å²) < 4.78 is 24.6. The van der Waals surface area contributed by atoms with E-state index in [0.29, 0.717) is 17.9 Å². The molecule has 2 aromatic rings. The first-order valence-corrected chi connectivity index (χ1v) is 7.30. The molecular formula is C17H20FNO3. The quantitative estimate of drug-likeness (QED) is 0.833. The van der Waals surface area contributed by atoms with E-state index in [9.17, 15) is 9.18 Å². The SMILES string of the molecule is CCOC(=O)C(F)[C@H](N)c1c(OCC)ccc2ccccc12. The van der Waals surface area contributed by atoms with E-state index in [1.54, 1.807) is 13.0 Å². The Labute approximate surface area is 129 Å². The Kier molecular flexibility index (Phi) is 5.33. The zero-order valence-corrected chi connectivity index (χ0v) is 12.7. The zero-order valence-electron chi connectivity index (χ0n) is 12.7. The van der Waals surface area contributed by atoms with Gasteiger partial charge in [-0.3, -0.25) is 0 Å². The standard InChI is InChI=1S/C17H20FNO3/c1-3-21-13-10-9-11-7-5-6-8-12(11)14(13)16(19)15(18)17(20)22-4-2/h5-10,15-16H,3-4,19H2,1-2H3/t15?,16-/m1/s1. The summed E-state index contributed by atoms with van der Waals surface area (Å²) in [6, 6.07) is 9.95. The van der Waals surface area contributed by atoms with Gasteiger partial charge in [0.05, 0.1) is 19.3 Å². The Bertz CT molecular complexity index is 659. The molecule has 5 heteroatoms. The summed E-state index contributed by atoms with van der Waals surface area (Å²) in [7, 11) is 0. The smallest absolute Gasteiger partial charge is 0.342 e. The normalized spacial score (nSPS) is 13.6. The monoisotopic (exact) mass is 305 g/mol. The summed E-state index contributed by atoms with van der Waals surface area (Å²) in [5.74, 6) is -0.467. The maximum atomic E-state index is 14.4. The van der Waals surface area contributed by atoms with Crippen LogP contribution in [0.4, 0.5) is 4.39 Å². The summed E-state index contributed by atoms with van der Waals surface area (Å²) >= 11 is 0. The topological polar surface area (TPSA) is 61.5 Å². The van der Waals surface area contributed by atoms with Crippen LogP contribution in [0.1, 0.15) is 25.5 Å². The van der Waals surface area contributed by atoms with Crippen molar-refractivity contribution in [2.45, 2.75) is 26.1 Å². The van der Waals surface area contributed by atoms with Crippen LogP contribution in [0.15, 0.2) is 36.4 Å². The van der Waals surface area contributed by atoms with Crippen molar-refractivity contribution in [1.29, 1.82) is 0 Å². The van der Waals surface area contributed by atoms with E-state index in [4.69, 9.17) is 15.2 Å². The molecule has 4 nitrogen and oxygen atoms in total. The van der Waals surface area contributed by atoms with Crippen molar-refractivity contribution >= 4 is 16.7 Å². The van der Waals surface area contributed by atoms with E-state index >= 15 is 0 Å². The van der Waals surface area contributed by atoms with Gasteiger partial charge in [-0.2, -0.15) is 0 Å². The highest BCUT2D eigenvalue weighted by Crippen LogP contribution is 2.34. The summed E-state index contributed by atoms with van der Waals surface area (Å²) in [6.45, 7) is 4.00. The van der Waals surface area contributed by atoms with Gasteiger partial charge < -0.3 is 15.2 Å². The van der Waals surface area contributed by atoms with Crippen LogP contribution in [0.25, 0.3) is 10.8 Å². The van der Waals surface area contributed by atoms with Gasteiger partial charge in [-0.25, -0.2) is 9.18 Å². The maximum absolute atomic E-state index is 14.4. The molecule has 2 N–H and O–H groups in total. The lowest BCUT2D eigenvalue weighted by Crippen LogP contribution is -2.32. The number of benzene rings is 2. The third-order valence-corrected chi connectivity index (χ3v) is 3.39. The molecule has 0 aliphatic heterocycles. The third kappa shape index (κ3) is 3.20. The largest absolute Gasteiger partial charge is 0.494 e. The number of halogens is 1. The first-order valence-electron chi connectivity index (χ1n) is 7.30. The lowest BCUT2D eigenvalue weighted by Gasteiger charge is -2.21. The molecule has 0 aliphatic carbocycles. The number of carbonyl (C=O) groups is 1. The van der Waals surface area contributed by atoms with E-state index in [1.165, 1.54) is 0 Å². The first-order chi connectivity index (χ1) is 10.6. The second kappa shape index (κ2) is 7.22. The Balaban J connectivity index is 2.50. The number of hydrogen-bond donors (Lipinski definition) is 1. The first kappa shape index (κ1) is 16.2. The number of rotatable bonds is 6. The molecule has 0 amide bonds. The van der Waals surface area contributed by atoms with E-state index in [2.05, 4.69) is 0 Å². The van der Waals surface area contributed by atoms with Crippen LogP contribution in [0.3, 0.4) is 0 Å². The molecule has 0 saturated carbocycles. The van der Waals surface area contributed by atoms with Crippen LogP contribution in [-0.4, -0.2) is 25.4 Å². The number of nitrogens with two attached hydrogens (primary N) is 1. The Morgan fingerprint density at radius 2 is 1.91 bits per heavy atom. The summed E-state index contributed by atoms with van der Waals surface area (Å²) in [5, 5.41) is 1.68. The van der Waals surface area contributed by atoms with Crippen LogP contribution in [0.2, 0.25) is 0 Å². The molecule has 0 aliphatic rings. The van der Waals surface area contributed by atoms with Gasteiger partial charge in [-0.1, -0.05) is 30.3 Å². The molecule has 0 spiro atoms. The molecule has 0 fully saturated rings. The van der Waals surface area contributed by atoms with Gasteiger partial charge in [0.25, 0.3) is 0 Å². The summed E-state index contributed by atoms with van der Waals surface area (Å²) in [6.07, 6.45) is -1.94. The van der Waals surface area contributed by atoms with Gasteiger partial charge in [0, 0.05) is 5.56 Å². The van der Waals surface area contributed by atoms with E-state index in [-0.39, 0.29) is 6.61 Å². The second-order valence-corrected chi connectivity index (χ2v) is 4.81. The fraction of sp³-hybridized carbons (Fsp3) is 0.353. The van der Waals surface area contributed by atoms with Crippen LogP contribution in [0, 0.1) is 0 Å². The van der Waals surface area contributed by atoms with Crippen LogP contribution < -0.4 is 10.5 Å². The lowest BCUT2D eigenvalue weighted by molar-refractivity contribution is -0.149.